The van der Waals surface area contributed by atoms with Crippen molar-refractivity contribution in [3.05, 3.63) is 48.1 Å². The van der Waals surface area contributed by atoms with Gasteiger partial charge in [-0.1, -0.05) is 0 Å². The number of aromatic nitrogens is 3. The third-order valence-corrected chi connectivity index (χ3v) is 4.41. The molecule has 1 fully saturated rings. The van der Waals surface area contributed by atoms with E-state index in [4.69, 9.17) is 4.74 Å². The third-order valence-electron chi connectivity index (χ3n) is 4.41. The van der Waals surface area contributed by atoms with Crippen LogP contribution in [-0.4, -0.2) is 51.1 Å². The van der Waals surface area contributed by atoms with E-state index in [1.54, 1.807) is 23.4 Å². The summed E-state index contributed by atoms with van der Waals surface area (Å²) in [5, 5.41) is 3.22. The van der Waals surface area contributed by atoms with Crippen LogP contribution in [0.15, 0.2) is 30.9 Å². The number of imidazole rings is 1. The van der Waals surface area contributed by atoms with E-state index < -0.39 is 0 Å². The summed E-state index contributed by atoms with van der Waals surface area (Å²) in [6.07, 6.45) is 6.05. The number of amides is 1. The second-order valence-corrected chi connectivity index (χ2v) is 5.97. The Morgan fingerprint density at radius 2 is 2.28 bits per heavy atom. The lowest BCUT2D eigenvalue weighted by molar-refractivity contribution is -0.157. The number of nitrogens with zero attached hydrogens (tertiary/aromatic N) is 4. The second-order valence-electron chi connectivity index (χ2n) is 5.97. The van der Waals surface area contributed by atoms with E-state index in [2.05, 4.69) is 15.3 Å². The Labute approximate surface area is 145 Å². The SMILES string of the molecule is CCN1C(=O)CO[C@@H](CNCc2ccncc2F)[C@@H]1c1nccn1C. The van der Waals surface area contributed by atoms with Gasteiger partial charge in [0.05, 0.1) is 12.3 Å². The van der Waals surface area contributed by atoms with Gasteiger partial charge in [-0.15, -0.1) is 0 Å². The first-order chi connectivity index (χ1) is 12.1. The number of aryl methyl sites for hydroxylation is 1. The number of likely N-dealkylation sites (N-methyl/N-ethyl adjacent to an activating group) is 1. The Kier molecular flexibility index (Phi) is 5.40. The van der Waals surface area contributed by atoms with Gasteiger partial charge in [0, 0.05) is 50.8 Å². The summed E-state index contributed by atoms with van der Waals surface area (Å²) in [7, 11) is 1.89. The lowest BCUT2D eigenvalue weighted by atomic mass is 10.1. The molecular weight excluding hydrogens is 325 g/mol. The van der Waals surface area contributed by atoms with Crippen molar-refractivity contribution in [2.24, 2.45) is 7.05 Å². The number of pyridine rings is 1. The van der Waals surface area contributed by atoms with Gasteiger partial charge >= 0.3 is 0 Å². The number of ether oxygens (including phenoxy) is 1. The molecular formula is C17H22FN5O2. The van der Waals surface area contributed by atoms with Gasteiger partial charge in [-0.2, -0.15) is 0 Å². The molecule has 2 aromatic rings. The van der Waals surface area contributed by atoms with Crippen molar-refractivity contribution in [1.29, 1.82) is 0 Å². The van der Waals surface area contributed by atoms with Crippen LogP contribution in [0.3, 0.4) is 0 Å². The van der Waals surface area contributed by atoms with Crippen LogP contribution in [0.2, 0.25) is 0 Å². The highest BCUT2D eigenvalue weighted by atomic mass is 19.1. The molecule has 8 heteroatoms. The maximum atomic E-state index is 13.7. The van der Waals surface area contributed by atoms with E-state index in [0.29, 0.717) is 25.2 Å². The number of morpholine rings is 1. The monoisotopic (exact) mass is 347 g/mol. The quantitative estimate of drug-likeness (QED) is 0.845. The fourth-order valence-electron chi connectivity index (χ4n) is 3.12. The molecule has 0 aliphatic carbocycles. The maximum absolute atomic E-state index is 13.7. The summed E-state index contributed by atoms with van der Waals surface area (Å²) in [4.78, 5) is 22.1. The van der Waals surface area contributed by atoms with Crippen LogP contribution in [0.25, 0.3) is 0 Å². The van der Waals surface area contributed by atoms with Crippen molar-refractivity contribution in [1.82, 2.24) is 24.8 Å². The fraction of sp³-hybridized carbons (Fsp3) is 0.471. The normalized spacial score (nSPS) is 20.9. The first-order valence-corrected chi connectivity index (χ1v) is 8.29. The van der Waals surface area contributed by atoms with Crippen LogP contribution in [0, 0.1) is 5.82 Å². The van der Waals surface area contributed by atoms with Gasteiger partial charge in [-0.25, -0.2) is 9.37 Å². The molecule has 0 radical (unpaired) electrons. The van der Waals surface area contributed by atoms with Crippen LogP contribution in [0.4, 0.5) is 4.39 Å². The largest absolute Gasteiger partial charge is 0.364 e. The predicted molar refractivity (Wildman–Crippen MR) is 89.0 cm³/mol. The zero-order valence-corrected chi connectivity index (χ0v) is 14.4. The standard InChI is InChI=1S/C17H22FN5O2/c1-3-23-15(24)11-25-14(16(23)17-21-6-7-22(17)2)10-20-8-12-4-5-19-9-13(12)18/h4-7,9,14,16,20H,3,8,10-11H2,1-2H3/t14-,16+/m0/s1. The molecule has 0 bridgehead atoms. The number of hydrogen-bond donors (Lipinski definition) is 1. The van der Waals surface area contributed by atoms with E-state index in [1.165, 1.54) is 6.20 Å². The Bertz CT molecular complexity index is 735. The third kappa shape index (κ3) is 3.69. The molecule has 7 nitrogen and oxygen atoms in total. The minimum atomic E-state index is -0.342. The Balaban J connectivity index is 1.73. The molecule has 0 saturated carbocycles. The highest BCUT2D eigenvalue weighted by molar-refractivity contribution is 5.78. The Morgan fingerprint density at radius 1 is 1.44 bits per heavy atom. The molecule has 25 heavy (non-hydrogen) atoms. The van der Waals surface area contributed by atoms with Crippen LogP contribution >= 0.6 is 0 Å². The molecule has 1 amide bonds. The Morgan fingerprint density at radius 3 is 2.96 bits per heavy atom. The molecule has 2 atom stereocenters. The summed E-state index contributed by atoms with van der Waals surface area (Å²) >= 11 is 0. The van der Waals surface area contributed by atoms with Gasteiger partial charge in [0.2, 0.25) is 5.91 Å². The molecule has 134 valence electrons. The highest BCUT2D eigenvalue weighted by Gasteiger charge is 2.38. The first kappa shape index (κ1) is 17.5. The zero-order valence-electron chi connectivity index (χ0n) is 14.4. The number of carbonyl (C=O) groups excluding carboxylic acids is 1. The fourth-order valence-corrected chi connectivity index (χ4v) is 3.12. The van der Waals surface area contributed by atoms with Crippen molar-refractivity contribution in [2.45, 2.75) is 25.6 Å². The molecule has 1 N–H and O–H groups in total. The van der Waals surface area contributed by atoms with Crippen molar-refractivity contribution in [2.75, 3.05) is 19.7 Å². The molecule has 2 aromatic heterocycles. The molecule has 3 rings (SSSR count). The number of halogens is 1. The van der Waals surface area contributed by atoms with Crippen molar-refractivity contribution in [3.63, 3.8) is 0 Å². The summed E-state index contributed by atoms with van der Waals surface area (Å²) in [5.74, 6) is 0.384. The number of nitrogens with one attached hydrogen (secondary N) is 1. The van der Waals surface area contributed by atoms with Gasteiger partial charge in [0.1, 0.15) is 24.3 Å². The zero-order chi connectivity index (χ0) is 17.8. The van der Waals surface area contributed by atoms with Crippen LogP contribution < -0.4 is 5.32 Å². The molecule has 0 spiro atoms. The van der Waals surface area contributed by atoms with Gasteiger partial charge < -0.3 is 19.5 Å². The van der Waals surface area contributed by atoms with Crippen LogP contribution in [0.1, 0.15) is 24.4 Å². The smallest absolute Gasteiger partial charge is 0.249 e. The van der Waals surface area contributed by atoms with Crippen LogP contribution in [-0.2, 0) is 23.1 Å². The number of hydrogen-bond acceptors (Lipinski definition) is 5. The summed E-state index contributed by atoms with van der Waals surface area (Å²) in [6, 6.07) is 1.36. The van der Waals surface area contributed by atoms with Gasteiger partial charge in [-0.05, 0) is 13.0 Å². The van der Waals surface area contributed by atoms with E-state index in [9.17, 15) is 9.18 Å². The van der Waals surface area contributed by atoms with Crippen molar-refractivity contribution < 1.29 is 13.9 Å². The van der Waals surface area contributed by atoms with Crippen molar-refractivity contribution in [3.8, 4) is 0 Å². The molecule has 3 heterocycles. The summed E-state index contributed by atoms with van der Waals surface area (Å²) in [6.45, 7) is 3.40. The van der Waals surface area contributed by atoms with E-state index in [-0.39, 0.29) is 30.5 Å². The number of rotatable bonds is 6. The predicted octanol–water partition coefficient (Wildman–Crippen LogP) is 1.03. The van der Waals surface area contributed by atoms with Gasteiger partial charge in [0.25, 0.3) is 0 Å². The van der Waals surface area contributed by atoms with Crippen molar-refractivity contribution >= 4 is 5.91 Å². The molecule has 1 aliphatic heterocycles. The summed E-state index contributed by atoms with van der Waals surface area (Å²) < 4.78 is 21.3. The Hall–Kier alpha value is -2.32. The minimum absolute atomic E-state index is 0.0464. The van der Waals surface area contributed by atoms with E-state index in [1.807, 2.05) is 24.7 Å². The van der Waals surface area contributed by atoms with E-state index in [0.717, 1.165) is 5.82 Å². The molecule has 1 saturated heterocycles. The average molecular weight is 347 g/mol. The topological polar surface area (TPSA) is 72.3 Å². The second kappa shape index (κ2) is 7.71. The minimum Gasteiger partial charge on any atom is -0.364 e. The van der Waals surface area contributed by atoms with Gasteiger partial charge in [-0.3, -0.25) is 9.78 Å². The van der Waals surface area contributed by atoms with Crippen LogP contribution in [0.5, 0.6) is 0 Å². The molecule has 0 aromatic carbocycles. The first-order valence-electron chi connectivity index (χ1n) is 8.29. The highest BCUT2D eigenvalue weighted by Crippen LogP contribution is 2.28. The van der Waals surface area contributed by atoms with Gasteiger partial charge in [0.15, 0.2) is 0 Å². The van der Waals surface area contributed by atoms with E-state index >= 15 is 0 Å². The average Bonchev–Trinajstić information content (AvgIpc) is 3.03. The molecule has 0 unspecified atom stereocenters. The molecule has 1 aliphatic rings. The lowest BCUT2D eigenvalue weighted by Crippen LogP contribution is -2.52. The lowest BCUT2D eigenvalue weighted by Gasteiger charge is -2.40. The summed E-state index contributed by atoms with van der Waals surface area (Å²) in [5.41, 5.74) is 0.544. The maximum Gasteiger partial charge on any atom is 0.249 e. The number of carbonyl (C=O) groups is 1.